The van der Waals surface area contributed by atoms with Crippen LogP contribution in [0.4, 0.5) is 13.2 Å². The first-order chi connectivity index (χ1) is 10.4. The monoisotopic (exact) mass is 318 g/mol. The number of alkyl halides is 3. The highest BCUT2D eigenvalue weighted by Gasteiger charge is 2.33. The molecule has 7 heteroatoms. The Bertz CT molecular complexity index is 499. The van der Waals surface area contributed by atoms with Gasteiger partial charge in [-0.3, -0.25) is 4.79 Å². The van der Waals surface area contributed by atoms with E-state index in [4.69, 9.17) is 4.74 Å². The molecule has 1 aromatic rings. The van der Waals surface area contributed by atoms with Crippen LogP contribution in [0.1, 0.15) is 41.7 Å². The Morgan fingerprint density at radius 3 is 2.77 bits per heavy atom. The highest BCUT2D eigenvalue weighted by molar-refractivity contribution is 5.95. The molecule has 0 bridgehead atoms. The Kier molecular flexibility index (Phi) is 5.50. The number of hydrogen-bond donors (Lipinski definition) is 2. The van der Waals surface area contributed by atoms with Gasteiger partial charge in [-0.05, 0) is 25.8 Å². The van der Waals surface area contributed by atoms with Gasteiger partial charge in [-0.15, -0.1) is 0 Å². The molecule has 2 N–H and O–H groups in total. The van der Waals surface area contributed by atoms with E-state index in [2.05, 4.69) is 10.3 Å². The number of ether oxygens (including phenoxy) is 1. The van der Waals surface area contributed by atoms with Gasteiger partial charge >= 0.3 is 6.18 Å². The quantitative estimate of drug-likeness (QED) is 0.876. The maximum atomic E-state index is 12.3. The van der Waals surface area contributed by atoms with E-state index in [0.717, 1.165) is 25.0 Å². The van der Waals surface area contributed by atoms with E-state index in [0.29, 0.717) is 18.5 Å². The van der Waals surface area contributed by atoms with Crippen LogP contribution in [0.5, 0.6) is 0 Å². The van der Waals surface area contributed by atoms with Gasteiger partial charge in [0.25, 0.3) is 5.91 Å². The van der Waals surface area contributed by atoms with Crippen molar-refractivity contribution in [3.63, 3.8) is 0 Å². The summed E-state index contributed by atoms with van der Waals surface area (Å²) >= 11 is 0. The van der Waals surface area contributed by atoms with Gasteiger partial charge < -0.3 is 15.0 Å². The predicted octanol–water partition coefficient (Wildman–Crippen LogP) is 3.19. The molecule has 4 nitrogen and oxygen atoms in total. The van der Waals surface area contributed by atoms with E-state index in [-0.39, 0.29) is 11.8 Å². The average Bonchev–Trinajstić information content (AvgIpc) is 2.89. The Morgan fingerprint density at radius 2 is 2.14 bits per heavy atom. The summed E-state index contributed by atoms with van der Waals surface area (Å²) in [5, 5.41) is 2.80. The molecule has 22 heavy (non-hydrogen) atoms. The molecule has 0 unspecified atom stereocenters. The molecule has 0 radical (unpaired) electrons. The van der Waals surface area contributed by atoms with Gasteiger partial charge in [-0.1, -0.05) is 12.8 Å². The third kappa shape index (κ3) is 4.76. The van der Waals surface area contributed by atoms with Crippen LogP contribution in [-0.2, 0) is 4.74 Å². The van der Waals surface area contributed by atoms with Gasteiger partial charge in [0.1, 0.15) is 6.61 Å². The molecule has 1 aliphatic rings. The minimum Gasteiger partial charge on any atom is -0.368 e. The van der Waals surface area contributed by atoms with Crippen molar-refractivity contribution >= 4 is 5.91 Å². The van der Waals surface area contributed by atoms with Crippen LogP contribution < -0.4 is 5.32 Å². The van der Waals surface area contributed by atoms with E-state index in [1.807, 2.05) is 0 Å². The molecule has 1 fully saturated rings. The number of nitrogens with one attached hydrogen (secondary N) is 2. The summed E-state index contributed by atoms with van der Waals surface area (Å²) in [5.74, 6) is -0.279. The normalized spacial score (nSPS) is 22.5. The average molecular weight is 318 g/mol. The van der Waals surface area contributed by atoms with Crippen LogP contribution in [-0.4, -0.2) is 36.3 Å². The molecule has 1 heterocycles. The lowest BCUT2D eigenvalue weighted by molar-refractivity contribution is -0.193. The van der Waals surface area contributed by atoms with E-state index in [9.17, 15) is 18.0 Å². The number of H-pyrrole nitrogens is 1. The fourth-order valence-corrected chi connectivity index (χ4v) is 2.85. The van der Waals surface area contributed by atoms with Crippen LogP contribution in [0.25, 0.3) is 0 Å². The number of carbonyl (C=O) groups excluding carboxylic acids is 1. The summed E-state index contributed by atoms with van der Waals surface area (Å²) in [6.07, 6.45) is 0.130. The van der Waals surface area contributed by atoms with Gasteiger partial charge in [0.15, 0.2) is 0 Å². The van der Waals surface area contributed by atoms with Crippen molar-refractivity contribution < 1.29 is 22.7 Å². The maximum Gasteiger partial charge on any atom is 0.411 e. The van der Waals surface area contributed by atoms with Gasteiger partial charge in [0.2, 0.25) is 0 Å². The largest absolute Gasteiger partial charge is 0.411 e. The fraction of sp³-hybridized carbons (Fsp3) is 0.667. The third-order valence-corrected chi connectivity index (χ3v) is 4.02. The molecule has 0 spiro atoms. The standard InChI is InChI=1S/C15H21F3N2O2/c1-10-12(6-7-19-10)14(21)20-8-11-4-2-3-5-13(11)22-9-15(16,17)18/h6-7,11,13,19H,2-5,8-9H2,1H3,(H,20,21)/t11-,13+/m1/s1. The molecule has 1 aliphatic carbocycles. The molecule has 2 atom stereocenters. The molecular weight excluding hydrogens is 297 g/mol. The van der Waals surface area contributed by atoms with E-state index in [1.54, 1.807) is 19.2 Å². The lowest BCUT2D eigenvalue weighted by Crippen LogP contribution is -2.39. The van der Waals surface area contributed by atoms with Crippen LogP contribution in [0.2, 0.25) is 0 Å². The van der Waals surface area contributed by atoms with Crippen molar-refractivity contribution in [2.75, 3.05) is 13.2 Å². The Balaban J connectivity index is 1.86. The number of amides is 1. The van der Waals surface area contributed by atoms with Gasteiger partial charge in [-0.25, -0.2) is 0 Å². The van der Waals surface area contributed by atoms with Crippen LogP contribution in [0.15, 0.2) is 12.3 Å². The summed E-state index contributed by atoms with van der Waals surface area (Å²) in [6, 6.07) is 1.68. The Hall–Kier alpha value is -1.50. The molecule has 1 aromatic heterocycles. The first-order valence-electron chi connectivity index (χ1n) is 7.47. The van der Waals surface area contributed by atoms with Gasteiger partial charge in [0, 0.05) is 24.4 Å². The van der Waals surface area contributed by atoms with Crippen molar-refractivity contribution in [2.24, 2.45) is 5.92 Å². The van der Waals surface area contributed by atoms with Crippen molar-refractivity contribution in [3.8, 4) is 0 Å². The second-order valence-electron chi connectivity index (χ2n) is 5.74. The zero-order valence-corrected chi connectivity index (χ0v) is 12.5. The van der Waals surface area contributed by atoms with Crippen LogP contribution in [0, 0.1) is 12.8 Å². The topological polar surface area (TPSA) is 54.1 Å². The molecule has 0 aromatic carbocycles. The van der Waals surface area contributed by atoms with Crippen molar-refractivity contribution in [3.05, 3.63) is 23.5 Å². The summed E-state index contributed by atoms with van der Waals surface area (Å²) in [7, 11) is 0. The second kappa shape index (κ2) is 7.17. The van der Waals surface area contributed by atoms with Crippen molar-refractivity contribution in [2.45, 2.75) is 44.9 Å². The third-order valence-electron chi connectivity index (χ3n) is 4.02. The maximum absolute atomic E-state index is 12.3. The number of hydrogen-bond acceptors (Lipinski definition) is 2. The Labute approximate surface area is 127 Å². The minimum atomic E-state index is -4.31. The second-order valence-corrected chi connectivity index (χ2v) is 5.74. The molecular formula is C15H21F3N2O2. The number of rotatable bonds is 5. The summed E-state index contributed by atoms with van der Waals surface area (Å²) in [4.78, 5) is 15.0. The summed E-state index contributed by atoms with van der Waals surface area (Å²) < 4.78 is 41.9. The first kappa shape index (κ1) is 16.9. The molecule has 2 rings (SSSR count). The van der Waals surface area contributed by atoms with Crippen molar-refractivity contribution in [1.82, 2.24) is 10.3 Å². The SMILES string of the molecule is Cc1[nH]ccc1C(=O)NC[C@H]1CCCC[C@@H]1OCC(F)(F)F. The zero-order valence-electron chi connectivity index (χ0n) is 12.5. The lowest BCUT2D eigenvalue weighted by atomic mass is 9.86. The van der Waals surface area contributed by atoms with E-state index < -0.39 is 18.9 Å². The predicted molar refractivity (Wildman–Crippen MR) is 75.6 cm³/mol. The van der Waals surface area contributed by atoms with E-state index in [1.165, 1.54) is 0 Å². The van der Waals surface area contributed by atoms with Crippen molar-refractivity contribution in [1.29, 1.82) is 0 Å². The minimum absolute atomic E-state index is 0.0701. The molecule has 0 aliphatic heterocycles. The zero-order chi connectivity index (χ0) is 16.2. The highest BCUT2D eigenvalue weighted by atomic mass is 19.4. The number of aryl methyl sites for hydroxylation is 1. The molecule has 0 saturated heterocycles. The van der Waals surface area contributed by atoms with Gasteiger partial charge in [0.05, 0.1) is 11.7 Å². The molecule has 1 amide bonds. The molecule has 1 saturated carbocycles. The summed E-state index contributed by atoms with van der Waals surface area (Å²) in [5.41, 5.74) is 1.33. The highest BCUT2D eigenvalue weighted by Crippen LogP contribution is 2.28. The number of aromatic nitrogens is 1. The summed E-state index contributed by atoms with van der Waals surface area (Å²) in [6.45, 7) is 0.912. The number of carbonyl (C=O) groups is 1. The van der Waals surface area contributed by atoms with Crippen LogP contribution in [0.3, 0.4) is 0 Å². The van der Waals surface area contributed by atoms with Crippen LogP contribution >= 0.6 is 0 Å². The number of halogens is 3. The fourth-order valence-electron chi connectivity index (χ4n) is 2.85. The first-order valence-corrected chi connectivity index (χ1v) is 7.47. The lowest BCUT2D eigenvalue weighted by Gasteiger charge is -2.31. The molecule has 124 valence electrons. The number of aromatic amines is 1. The Morgan fingerprint density at radius 1 is 1.41 bits per heavy atom. The van der Waals surface area contributed by atoms with E-state index >= 15 is 0 Å². The van der Waals surface area contributed by atoms with Gasteiger partial charge in [-0.2, -0.15) is 13.2 Å². The smallest absolute Gasteiger partial charge is 0.368 e.